The molecule has 0 radical (unpaired) electrons. The molecule has 1 heterocycles. The van der Waals surface area contributed by atoms with Crippen molar-refractivity contribution in [3.05, 3.63) is 59.5 Å². The van der Waals surface area contributed by atoms with E-state index in [4.69, 9.17) is 9.47 Å². The predicted molar refractivity (Wildman–Crippen MR) is 110 cm³/mol. The first kappa shape index (κ1) is 19.5. The van der Waals surface area contributed by atoms with Gasteiger partial charge in [-0.25, -0.2) is 4.39 Å². The number of H-pyrrole nitrogens is 1. The SMILES string of the molecule is CN=C(NCCc1c[nH]c2ccc(F)cc12)NCc1cccc(OC)c1OC. The number of hydrogen-bond donors (Lipinski definition) is 3. The Morgan fingerprint density at radius 2 is 1.96 bits per heavy atom. The van der Waals surface area contributed by atoms with E-state index in [-0.39, 0.29) is 5.82 Å². The fourth-order valence-electron chi connectivity index (χ4n) is 3.17. The molecule has 0 saturated heterocycles. The van der Waals surface area contributed by atoms with Crippen molar-refractivity contribution in [3.63, 3.8) is 0 Å². The van der Waals surface area contributed by atoms with E-state index in [9.17, 15) is 4.39 Å². The maximum atomic E-state index is 13.5. The second-order valence-corrected chi connectivity index (χ2v) is 6.26. The molecule has 0 bridgehead atoms. The van der Waals surface area contributed by atoms with Gasteiger partial charge in [-0.2, -0.15) is 0 Å². The maximum absolute atomic E-state index is 13.5. The highest BCUT2D eigenvalue weighted by atomic mass is 19.1. The molecule has 3 rings (SSSR count). The van der Waals surface area contributed by atoms with Gasteiger partial charge in [0.2, 0.25) is 0 Å². The topological polar surface area (TPSA) is 70.7 Å². The number of nitrogens with zero attached hydrogens (tertiary/aromatic N) is 1. The minimum absolute atomic E-state index is 0.231. The molecule has 148 valence electrons. The number of halogens is 1. The summed E-state index contributed by atoms with van der Waals surface area (Å²) >= 11 is 0. The van der Waals surface area contributed by atoms with E-state index in [2.05, 4.69) is 20.6 Å². The van der Waals surface area contributed by atoms with Gasteiger partial charge in [-0.3, -0.25) is 4.99 Å². The van der Waals surface area contributed by atoms with E-state index in [0.717, 1.165) is 28.5 Å². The van der Waals surface area contributed by atoms with Crippen LogP contribution in [-0.2, 0) is 13.0 Å². The first-order valence-corrected chi connectivity index (χ1v) is 9.06. The molecule has 0 spiro atoms. The van der Waals surface area contributed by atoms with E-state index < -0.39 is 0 Å². The van der Waals surface area contributed by atoms with Gasteiger partial charge in [0.05, 0.1) is 14.2 Å². The molecule has 0 amide bonds. The van der Waals surface area contributed by atoms with Crippen LogP contribution in [0, 0.1) is 5.82 Å². The number of benzene rings is 2. The van der Waals surface area contributed by atoms with E-state index in [1.54, 1.807) is 33.4 Å². The van der Waals surface area contributed by atoms with Crippen LogP contribution in [0.3, 0.4) is 0 Å². The van der Waals surface area contributed by atoms with Gasteiger partial charge in [0.1, 0.15) is 5.82 Å². The van der Waals surface area contributed by atoms with Crippen LogP contribution >= 0.6 is 0 Å². The van der Waals surface area contributed by atoms with Gasteiger partial charge in [-0.15, -0.1) is 0 Å². The summed E-state index contributed by atoms with van der Waals surface area (Å²) in [6.07, 6.45) is 2.66. The van der Waals surface area contributed by atoms with Gasteiger partial charge < -0.3 is 25.1 Å². The van der Waals surface area contributed by atoms with Crippen molar-refractivity contribution in [2.24, 2.45) is 4.99 Å². The van der Waals surface area contributed by atoms with Crippen molar-refractivity contribution in [1.29, 1.82) is 0 Å². The number of fused-ring (bicyclic) bond motifs is 1. The molecule has 7 heteroatoms. The Hall–Kier alpha value is -3.22. The van der Waals surface area contributed by atoms with Crippen LogP contribution in [0.25, 0.3) is 10.9 Å². The average Bonchev–Trinajstić information content (AvgIpc) is 3.12. The minimum Gasteiger partial charge on any atom is -0.493 e. The maximum Gasteiger partial charge on any atom is 0.191 e. The molecule has 3 N–H and O–H groups in total. The van der Waals surface area contributed by atoms with Crippen LogP contribution in [0.15, 0.2) is 47.6 Å². The van der Waals surface area contributed by atoms with Crippen LogP contribution in [0.4, 0.5) is 4.39 Å². The highest BCUT2D eigenvalue weighted by molar-refractivity contribution is 5.83. The van der Waals surface area contributed by atoms with Crippen molar-refractivity contribution >= 4 is 16.9 Å². The highest BCUT2D eigenvalue weighted by Crippen LogP contribution is 2.30. The lowest BCUT2D eigenvalue weighted by Gasteiger charge is -2.15. The number of guanidine groups is 1. The van der Waals surface area contributed by atoms with Crippen molar-refractivity contribution in [1.82, 2.24) is 15.6 Å². The molecule has 0 aliphatic rings. The summed E-state index contributed by atoms with van der Waals surface area (Å²) in [5.74, 6) is 1.84. The van der Waals surface area contributed by atoms with Crippen LogP contribution < -0.4 is 20.1 Å². The third-order valence-electron chi connectivity index (χ3n) is 4.57. The number of para-hydroxylation sites is 1. The molecular weight excluding hydrogens is 359 g/mol. The van der Waals surface area contributed by atoms with Crippen LogP contribution in [0.2, 0.25) is 0 Å². The van der Waals surface area contributed by atoms with E-state index >= 15 is 0 Å². The molecule has 28 heavy (non-hydrogen) atoms. The van der Waals surface area contributed by atoms with E-state index in [1.165, 1.54) is 6.07 Å². The Kier molecular flexibility index (Phi) is 6.37. The number of aromatic nitrogens is 1. The molecule has 0 fully saturated rings. The number of hydrogen-bond acceptors (Lipinski definition) is 3. The largest absolute Gasteiger partial charge is 0.493 e. The quantitative estimate of drug-likeness (QED) is 0.432. The molecule has 3 aromatic rings. The normalized spacial score (nSPS) is 11.5. The fourth-order valence-corrected chi connectivity index (χ4v) is 3.17. The first-order valence-electron chi connectivity index (χ1n) is 9.06. The molecule has 6 nitrogen and oxygen atoms in total. The highest BCUT2D eigenvalue weighted by Gasteiger charge is 2.10. The zero-order valence-corrected chi connectivity index (χ0v) is 16.3. The van der Waals surface area contributed by atoms with E-state index in [1.807, 2.05) is 24.4 Å². The lowest BCUT2D eigenvalue weighted by molar-refractivity contribution is 0.351. The Morgan fingerprint density at radius 1 is 1.11 bits per heavy atom. The Labute approximate surface area is 163 Å². The van der Waals surface area contributed by atoms with Crippen LogP contribution in [-0.4, -0.2) is 38.8 Å². The first-order chi connectivity index (χ1) is 13.7. The number of nitrogens with one attached hydrogen (secondary N) is 3. The van der Waals surface area contributed by atoms with Gasteiger partial charge in [0.25, 0.3) is 0 Å². The second kappa shape index (κ2) is 9.12. The summed E-state index contributed by atoms with van der Waals surface area (Å²) < 4.78 is 24.3. The third-order valence-corrected chi connectivity index (χ3v) is 4.57. The smallest absolute Gasteiger partial charge is 0.191 e. The number of methoxy groups -OCH3 is 2. The zero-order valence-electron chi connectivity index (χ0n) is 16.3. The van der Waals surface area contributed by atoms with Gasteiger partial charge in [-0.05, 0) is 36.2 Å². The molecular formula is C21H25FN4O2. The third kappa shape index (κ3) is 4.36. The summed E-state index contributed by atoms with van der Waals surface area (Å²) in [6.45, 7) is 1.21. The second-order valence-electron chi connectivity index (χ2n) is 6.26. The van der Waals surface area contributed by atoms with E-state index in [0.29, 0.717) is 30.5 Å². The summed E-state index contributed by atoms with van der Waals surface area (Å²) in [6, 6.07) is 10.5. The number of aliphatic imine (C=N–C) groups is 1. The van der Waals surface area contributed by atoms with Crippen molar-refractivity contribution in [3.8, 4) is 11.5 Å². The zero-order chi connectivity index (χ0) is 19.9. The molecule has 0 aliphatic heterocycles. The van der Waals surface area contributed by atoms with Gasteiger partial charge in [0, 0.05) is 42.8 Å². The van der Waals surface area contributed by atoms with Gasteiger partial charge >= 0.3 is 0 Å². The lowest BCUT2D eigenvalue weighted by Crippen LogP contribution is -2.37. The lowest BCUT2D eigenvalue weighted by atomic mass is 10.1. The summed E-state index contributed by atoms with van der Waals surface area (Å²) in [7, 11) is 4.96. The molecule has 0 saturated carbocycles. The van der Waals surface area contributed by atoms with Crippen molar-refractivity contribution in [2.75, 3.05) is 27.8 Å². The molecule has 0 aliphatic carbocycles. The van der Waals surface area contributed by atoms with Crippen molar-refractivity contribution in [2.45, 2.75) is 13.0 Å². The monoisotopic (exact) mass is 384 g/mol. The Morgan fingerprint density at radius 3 is 2.71 bits per heavy atom. The van der Waals surface area contributed by atoms with Crippen molar-refractivity contribution < 1.29 is 13.9 Å². The average molecular weight is 384 g/mol. The summed E-state index contributed by atoms with van der Waals surface area (Å²) in [5, 5.41) is 7.46. The molecule has 0 atom stereocenters. The molecule has 0 unspecified atom stereocenters. The van der Waals surface area contributed by atoms with Crippen LogP contribution in [0.1, 0.15) is 11.1 Å². The number of rotatable bonds is 7. The summed E-state index contributed by atoms with van der Waals surface area (Å²) in [5.41, 5.74) is 2.97. The van der Waals surface area contributed by atoms with Gasteiger partial charge in [0.15, 0.2) is 17.5 Å². The minimum atomic E-state index is -0.231. The number of aromatic amines is 1. The molecule has 1 aromatic heterocycles. The molecule has 2 aromatic carbocycles. The Bertz CT molecular complexity index is 968. The standard InChI is InChI=1S/C21H25FN4O2/c1-23-21(26-13-15-5-4-6-19(27-2)20(15)28-3)24-10-9-14-12-25-18-8-7-16(22)11-17(14)18/h4-8,11-12,25H,9-10,13H2,1-3H3,(H2,23,24,26). The number of ether oxygens (including phenoxy) is 2. The Balaban J connectivity index is 1.57. The van der Waals surface area contributed by atoms with Crippen LogP contribution in [0.5, 0.6) is 11.5 Å². The van der Waals surface area contributed by atoms with Gasteiger partial charge in [-0.1, -0.05) is 12.1 Å². The summed E-state index contributed by atoms with van der Waals surface area (Å²) in [4.78, 5) is 7.42. The fraction of sp³-hybridized carbons (Fsp3) is 0.286. The predicted octanol–water partition coefficient (Wildman–Crippen LogP) is 3.23.